The number of rotatable bonds is 7. The third-order valence-electron chi connectivity index (χ3n) is 8.36. The van der Waals surface area contributed by atoms with Gasteiger partial charge in [0.25, 0.3) is 0 Å². The normalized spacial score (nSPS) is 19.2. The number of nitrogens with zero attached hydrogens (tertiary/aromatic N) is 1. The molecule has 5 rings (SSSR count). The zero-order valence-corrected chi connectivity index (χ0v) is 20.1. The van der Waals surface area contributed by atoms with Gasteiger partial charge in [-0.15, -0.1) is 0 Å². The lowest BCUT2D eigenvalue weighted by Gasteiger charge is -2.44. The van der Waals surface area contributed by atoms with Gasteiger partial charge in [-0.2, -0.15) is 0 Å². The van der Waals surface area contributed by atoms with E-state index < -0.39 is 23.1 Å². The number of likely N-dealkylation sites (N-methyl/N-ethyl adjacent to an activating group) is 1. The molecule has 184 valence electrons. The van der Waals surface area contributed by atoms with Crippen LogP contribution in [0.2, 0.25) is 0 Å². The smallest absolute Gasteiger partial charge is 0.407 e. The third kappa shape index (κ3) is 4.07. The second kappa shape index (κ2) is 9.02. The van der Waals surface area contributed by atoms with Crippen molar-refractivity contribution >= 4 is 18.0 Å². The molecule has 2 N–H and O–H groups in total. The second-order valence-electron chi connectivity index (χ2n) is 10.3. The first kappa shape index (κ1) is 23.4. The lowest BCUT2D eigenvalue weighted by atomic mass is 9.74. The molecule has 0 bridgehead atoms. The van der Waals surface area contributed by atoms with Crippen molar-refractivity contribution in [3.8, 4) is 11.1 Å². The molecule has 0 atom stereocenters. The Morgan fingerprint density at radius 3 is 2.03 bits per heavy atom. The molecule has 0 unspecified atom stereocenters. The van der Waals surface area contributed by atoms with E-state index in [0.29, 0.717) is 25.7 Å². The highest BCUT2D eigenvalue weighted by Crippen LogP contribution is 2.45. The van der Waals surface area contributed by atoms with Gasteiger partial charge in [-0.3, -0.25) is 4.79 Å². The lowest BCUT2D eigenvalue weighted by Crippen LogP contribution is -2.59. The summed E-state index contributed by atoms with van der Waals surface area (Å²) in [7, 11) is 1.58. The monoisotopic (exact) mass is 476 g/mol. The molecular formula is C28H32N2O5. The van der Waals surface area contributed by atoms with E-state index in [2.05, 4.69) is 29.6 Å². The van der Waals surface area contributed by atoms with Crippen molar-refractivity contribution in [2.45, 2.75) is 68.4 Å². The number of amides is 2. The summed E-state index contributed by atoms with van der Waals surface area (Å²) >= 11 is 0. The zero-order valence-electron chi connectivity index (χ0n) is 20.1. The zero-order chi connectivity index (χ0) is 24.6. The summed E-state index contributed by atoms with van der Waals surface area (Å²) in [5.41, 5.74) is 2.82. The highest BCUT2D eigenvalue weighted by atomic mass is 16.5. The number of fused-ring (bicyclic) bond motifs is 3. The van der Waals surface area contributed by atoms with Crippen molar-refractivity contribution in [2.24, 2.45) is 0 Å². The predicted octanol–water partition coefficient (Wildman–Crippen LogP) is 4.69. The number of carboxylic acid groups (broad SMARTS) is 1. The van der Waals surface area contributed by atoms with Gasteiger partial charge < -0.3 is 20.1 Å². The van der Waals surface area contributed by atoms with Crippen LogP contribution in [0.15, 0.2) is 48.5 Å². The number of carbonyl (C=O) groups is 3. The van der Waals surface area contributed by atoms with Crippen LogP contribution in [0, 0.1) is 0 Å². The average molecular weight is 477 g/mol. The van der Waals surface area contributed by atoms with Crippen LogP contribution in [0.1, 0.15) is 68.4 Å². The van der Waals surface area contributed by atoms with Crippen LogP contribution in [-0.2, 0) is 14.3 Å². The van der Waals surface area contributed by atoms with Crippen LogP contribution in [-0.4, -0.2) is 52.7 Å². The number of hydrogen-bond donors (Lipinski definition) is 2. The molecule has 2 aromatic carbocycles. The summed E-state index contributed by atoms with van der Waals surface area (Å²) in [5.74, 6) is -1.22. The quantitative estimate of drug-likeness (QED) is 0.604. The molecule has 0 aromatic heterocycles. The van der Waals surface area contributed by atoms with Crippen LogP contribution in [0.25, 0.3) is 11.1 Å². The summed E-state index contributed by atoms with van der Waals surface area (Å²) in [6.07, 6.45) is 4.35. The third-order valence-corrected chi connectivity index (χ3v) is 8.36. The number of carbonyl (C=O) groups excluding carboxylic acids is 2. The topological polar surface area (TPSA) is 95.9 Å². The Morgan fingerprint density at radius 1 is 0.943 bits per heavy atom. The second-order valence-corrected chi connectivity index (χ2v) is 10.3. The fourth-order valence-electron chi connectivity index (χ4n) is 6.10. The van der Waals surface area contributed by atoms with E-state index in [1.807, 2.05) is 24.3 Å². The van der Waals surface area contributed by atoms with Gasteiger partial charge in [-0.05, 0) is 54.4 Å². The molecule has 0 saturated heterocycles. The number of alkyl carbamates (subject to hydrolysis) is 1. The Kier molecular flexibility index (Phi) is 6.03. The van der Waals surface area contributed by atoms with Gasteiger partial charge in [0.05, 0.1) is 12.0 Å². The van der Waals surface area contributed by atoms with E-state index in [1.54, 1.807) is 7.05 Å². The Balaban J connectivity index is 1.23. The predicted molar refractivity (Wildman–Crippen MR) is 131 cm³/mol. The molecule has 3 aliphatic carbocycles. The molecule has 0 heterocycles. The fourth-order valence-corrected chi connectivity index (χ4v) is 6.10. The van der Waals surface area contributed by atoms with Crippen molar-refractivity contribution in [2.75, 3.05) is 13.7 Å². The Hall–Kier alpha value is -3.35. The standard InChI is InChI=1S/C28H32N2O5/c1-30(28(25(32)33)15-6-7-16-28)24(31)17-27(13-8-14-27)29-26(34)35-18-23-21-11-4-2-9-19(21)20-10-3-5-12-22(20)23/h2-5,9-12,23H,6-8,13-18H2,1H3,(H,29,34)(H,32,33). The number of benzene rings is 2. The van der Waals surface area contributed by atoms with Crippen molar-refractivity contribution in [1.82, 2.24) is 10.2 Å². The molecule has 2 saturated carbocycles. The van der Waals surface area contributed by atoms with Crippen LogP contribution < -0.4 is 5.32 Å². The van der Waals surface area contributed by atoms with Gasteiger partial charge in [-0.25, -0.2) is 9.59 Å². The largest absolute Gasteiger partial charge is 0.479 e. The van der Waals surface area contributed by atoms with Crippen molar-refractivity contribution in [3.05, 3.63) is 59.7 Å². The van der Waals surface area contributed by atoms with Gasteiger partial charge in [-0.1, -0.05) is 61.4 Å². The highest BCUT2D eigenvalue weighted by molar-refractivity contribution is 5.88. The van der Waals surface area contributed by atoms with E-state index in [0.717, 1.165) is 30.4 Å². The van der Waals surface area contributed by atoms with Crippen LogP contribution in [0.4, 0.5) is 4.79 Å². The Labute approximate surface area is 205 Å². The fraction of sp³-hybridized carbons (Fsp3) is 0.464. The first-order chi connectivity index (χ1) is 16.9. The summed E-state index contributed by atoms with van der Waals surface area (Å²) in [5, 5.41) is 12.8. The summed E-state index contributed by atoms with van der Waals surface area (Å²) in [4.78, 5) is 39.4. The number of ether oxygens (including phenoxy) is 1. The van der Waals surface area contributed by atoms with Gasteiger partial charge in [0.15, 0.2) is 0 Å². The van der Waals surface area contributed by atoms with Gasteiger partial charge in [0, 0.05) is 13.0 Å². The SMILES string of the molecule is CN(C(=O)CC1(NC(=O)OCC2c3ccccc3-c3ccccc32)CCC1)C1(C(=O)O)CCCC1. The van der Waals surface area contributed by atoms with Crippen LogP contribution >= 0.6 is 0 Å². The minimum Gasteiger partial charge on any atom is -0.479 e. The highest BCUT2D eigenvalue weighted by Gasteiger charge is 2.49. The van der Waals surface area contributed by atoms with E-state index >= 15 is 0 Å². The number of hydrogen-bond acceptors (Lipinski definition) is 4. The molecule has 2 aromatic rings. The minimum absolute atomic E-state index is 0.0314. The van der Waals surface area contributed by atoms with Crippen molar-refractivity contribution in [1.29, 1.82) is 0 Å². The molecule has 7 nitrogen and oxygen atoms in total. The van der Waals surface area contributed by atoms with Crippen molar-refractivity contribution in [3.63, 3.8) is 0 Å². The van der Waals surface area contributed by atoms with E-state index in [9.17, 15) is 19.5 Å². The summed E-state index contributed by atoms with van der Waals surface area (Å²) in [6.45, 7) is 0.214. The van der Waals surface area contributed by atoms with Crippen LogP contribution in [0.3, 0.4) is 0 Å². The molecule has 2 amide bonds. The molecule has 2 fully saturated rings. The molecule has 0 aliphatic heterocycles. The van der Waals surface area contributed by atoms with Crippen molar-refractivity contribution < 1.29 is 24.2 Å². The molecule has 3 aliphatic rings. The van der Waals surface area contributed by atoms with Crippen LogP contribution in [0.5, 0.6) is 0 Å². The first-order valence-electron chi connectivity index (χ1n) is 12.5. The Bertz CT molecular complexity index is 1100. The molecule has 0 radical (unpaired) electrons. The minimum atomic E-state index is -1.13. The number of aliphatic carboxylic acids is 1. The van der Waals surface area contributed by atoms with E-state index in [4.69, 9.17) is 4.74 Å². The van der Waals surface area contributed by atoms with E-state index in [1.165, 1.54) is 16.0 Å². The summed E-state index contributed by atoms with van der Waals surface area (Å²) < 4.78 is 5.70. The van der Waals surface area contributed by atoms with E-state index in [-0.39, 0.29) is 24.9 Å². The number of carboxylic acids is 1. The van der Waals surface area contributed by atoms with Gasteiger partial charge in [0.1, 0.15) is 12.1 Å². The van der Waals surface area contributed by atoms with Gasteiger partial charge >= 0.3 is 12.1 Å². The first-order valence-corrected chi connectivity index (χ1v) is 12.5. The molecular weight excluding hydrogens is 444 g/mol. The summed E-state index contributed by atoms with van der Waals surface area (Å²) in [6, 6.07) is 16.4. The number of nitrogens with one attached hydrogen (secondary N) is 1. The maximum absolute atomic E-state index is 13.1. The maximum atomic E-state index is 13.1. The Morgan fingerprint density at radius 2 is 1.51 bits per heavy atom. The lowest BCUT2D eigenvalue weighted by molar-refractivity contribution is -0.158. The average Bonchev–Trinajstić information content (AvgIpc) is 3.45. The molecule has 0 spiro atoms. The maximum Gasteiger partial charge on any atom is 0.407 e. The molecule has 7 heteroatoms. The van der Waals surface area contributed by atoms with Gasteiger partial charge in [0.2, 0.25) is 5.91 Å². The molecule has 35 heavy (non-hydrogen) atoms.